The molecule has 0 spiro atoms. The summed E-state index contributed by atoms with van der Waals surface area (Å²) in [5.74, 6) is -0.0393. The summed E-state index contributed by atoms with van der Waals surface area (Å²) in [7, 11) is 0. The molecule has 7 heteroatoms. The van der Waals surface area contributed by atoms with Crippen LogP contribution in [0.25, 0.3) is 10.2 Å². The number of thioether (sulfide) groups is 1. The van der Waals surface area contributed by atoms with Gasteiger partial charge in [-0.3, -0.25) is 4.79 Å². The molecule has 2 heterocycles. The second-order valence-electron chi connectivity index (χ2n) is 6.26. The molecule has 138 valence electrons. The third-order valence-electron chi connectivity index (χ3n) is 4.30. The highest BCUT2D eigenvalue weighted by molar-refractivity contribution is 8.15. The molecule has 1 atom stereocenters. The van der Waals surface area contributed by atoms with Gasteiger partial charge in [0.1, 0.15) is 0 Å². The van der Waals surface area contributed by atoms with Crippen LogP contribution in [0.15, 0.2) is 53.5 Å². The van der Waals surface area contributed by atoms with E-state index in [9.17, 15) is 4.79 Å². The lowest BCUT2D eigenvalue weighted by molar-refractivity contribution is -0.117. The number of amidine groups is 1. The number of hydrogen-bond acceptors (Lipinski definition) is 6. The first kappa shape index (κ1) is 18.0. The Bertz CT molecular complexity index is 948. The van der Waals surface area contributed by atoms with Crippen molar-refractivity contribution in [1.82, 2.24) is 4.98 Å². The number of anilines is 2. The van der Waals surface area contributed by atoms with Crippen molar-refractivity contribution in [3.8, 4) is 0 Å². The highest BCUT2D eigenvalue weighted by Gasteiger charge is 2.26. The van der Waals surface area contributed by atoms with Crippen LogP contribution < -0.4 is 10.6 Å². The Morgan fingerprint density at radius 1 is 1.11 bits per heavy atom. The summed E-state index contributed by atoms with van der Waals surface area (Å²) >= 11 is 3.18. The lowest BCUT2D eigenvalue weighted by Crippen LogP contribution is -2.09. The molecule has 1 aliphatic heterocycles. The van der Waals surface area contributed by atoms with Crippen LogP contribution in [0.1, 0.15) is 18.9 Å². The number of hydrogen-bond donors (Lipinski definition) is 2. The molecule has 27 heavy (non-hydrogen) atoms. The van der Waals surface area contributed by atoms with E-state index in [-0.39, 0.29) is 11.2 Å². The number of fused-ring (bicyclic) bond motifs is 1. The first-order valence-corrected chi connectivity index (χ1v) is 10.7. The topological polar surface area (TPSA) is 66.4 Å². The van der Waals surface area contributed by atoms with E-state index in [4.69, 9.17) is 0 Å². The number of benzene rings is 2. The van der Waals surface area contributed by atoms with Gasteiger partial charge < -0.3 is 10.6 Å². The molecule has 0 bridgehead atoms. The van der Waals surface area contributed by atoms with Crippen molar-refractivity contribution < 1.29 is 4.79 Å². The number of aromatic nitrogens is 1. The van der Waals surface area contributed by atoms with E-state index in [1.54, 1.807) is 11.3 Å². The summed E-state index contributed by atoms with van der Waals surface area (Å²) < 4.78 is 1.20. The maximum atomic E-state index is 11.7. The first-order chi connectivity index (χ1) is 13.2. The van der Waals surface area contributed by atoms with Crippen LogP contribution in [0.2, 0.25) is 0 Å². The second-order valence-corrected chi connectivity index (χ2v) is 8.48. The SMILES string of the molecule is CCC1SC(Nc2ccc(CCNc3nc4ccccc4s3)cc2)=NC1=O. The number of rotatable bonds is 6. The van der Waals surface area contributed by atoms with Crippen molar-refractivity contribution in [2.75, 3.05) is 17.2 Å². The number of nitrogens with zero attached hydrogens (tertiary/aromatic N) is 2. The minimum Gasteiger partial charge on any atom is -0.361 e. The molecular formula is C20H20N4OS2. The van der Waals surface area contributed by atoms with E-state index in [2.05, 4.69) is 38.8 Å². The van der Waals surface area contributed by atoms with Gasteiger partial charge in [-0.05, 0) is 42.7 Å². The molecule has 0 saturated heterocycles. The highest BCUT2D eigenvalue weighted by atomic mass is 32.2. The van der Waals surface area contributed by atoms with E-state index in [1.165, 1.54) is 22.0 Å². The first-order valence-electron chi connectivity index (χ1n) is 8.96. The van der Waals surface area contributed by atoms with Crippen molar-refractivity contribution in [1.29, 1.82) is 0 Å². The molecule has 2 N–H and O–H groups in total. The fourth-order valence-corrected chi connectivity index (χ4v) is 4.64. The number of aliphatic imine (C=N–C) groups is 1. The standard InChI is InChI=1S/C20H20N4OS2/c1-2-16-18(25)24-20(26-16)22-14-9-7-13(8-10-14)11-12-21-19-23-15-5-3-4-6-17(15)27-19/h3-10,16H,2,11-12H2,1H3,(H,21,23)(H,22,24,25). The van der Waals surface area contributed by atoms with E-state index in [0.29, 0.717) is 5.17 Å². The quantitative estimate of drug-likeness (QED) is 0.628. The van der Waals surface area contributed by atoms with E-state index in [0.717, 1.165) is 35.7 Å². The Hall–Kier alpha value is -2.38. The minimum atomic E-state index is -0.0413. The fraction of sp³-hybridized carbons (Fsp3) is 0.250. The van der Waals surface area contributed by atoms with Crippen LogP contribution in [0.3, 0.4) is 0 Å². The molecule has 0 aliphatic carbocycles. The Labute approximate surface area is 166 Å². The van der Waals surface area contributed by atoms with Gasteiger partial charge in [-0.25, -0.2) is 4.98 Å². The van der Waals surface area contributed by atoms with Gasteiger partial charge in [-0.15, -0.1) is 0 Å². The molecule has 1 unspecified atom stereocenters. The lowest BCUT2D eigenvalue weighted by atomic mass is 10.1. The van der Waals surface area contributed by atoms with Gasteiger partial charge >= 0.3 is 0 Å². The number of carbonyl (C=O) groups excluding carboxylic acids is 1. The van der Waals surface area contributed by atoms with Crippen LogP contribution in [0, 0.1) is 0 Å². The van der Waals surface area contributed by atoms with Crippen molar-refractivity contribution in [3.63, 3.8) is 0 Å². The number of amides is 1. The molecule has 2 aromatic carbocycles. The normalized spacial score (nSPS) is 16.6. The van der Waals surface area contributed by atoms with E-state index >= 15 is 0 Å². The number of nitrogens with one attached hydrogen (secondary N) is 2. The number of carbonyl (C=O) groups is 1. The Kier molecular flexibility index (Phi) is 5.40. The third kappa shape index (κ3) is 4.31. The van der Waals surface area contributed by atoms with Crippen LogP contribution in [-0.4, -0.2) is 27.9 Å². The molecule has 3 aromatic rings. The summed E-state index contributed by atoms with van der Waals surface area (Å²) in [6.45, 7) is 2.84. The fourth-order valence-electron chi connectivity index (χ4n) is 2.84. The average molecular weight is 397 g/mol. The molecule has 0 radical (unpaired) electrons. The highest BCUT2D eigenvalue weighted by Crippen LogP contribution is 2.27. The lowest BCUT2D eigenvalue weighted by Gasteiger charge is -2.08. The Morgan fingerprint density at radius 2 is 1.93 bits per heavy atom. The smallest absolute Gasteiger partial charge is 0.261 e. The second kappa shape index (κ2) is 8.10. The summed E-state index contributed by atoms with van der Waals surface area (Å²) in [4.78, 5) is 20.4. The summed E-state index contributed by atoms with van der Waals surface area (Å²) in [6, 6.07) is 16.4. The van der Waals surface area contributed by atoms with Gasteiger partial charge in [0, 0.05) is 12.2 Å². The minimum absolute atomic E-state index is 0.0393. The Morgan fingerprint density at radius 3 is 2.67 bits per heavy atom. The largest absolute Gasteiger partial charge is 0.361 e. The zero-order valence-corrected chi connectivity index (χ0v) is 16.6. The number of thiazole rings is 1. The molecule has 0 saturated carbocycles. The van der Waals surface area contributed by atoms with Crippen LogP contribution in [0.5, 0.6) is 0 Å². The molecule has 5 nitrogen and oxygen atoms in total. The third-order valence-corrected chi connectivity index (χ3v) is 6.53. The van der Waals surface area contributed by atoms with Crippen molar-refractivity contribution >= 4 is 55.2 Å². The molecule has 4 rings (SSSR count). The van der Waals surface area contributed by atoms with Crippen molar-refractivity contribution in [2.45, 2.75) is 25.0 Å². The predicted molar refractivity (Wildman–Crippen MR) is 116 cm³/mol. The van der Waals surface area contributed by atoms with Crippen LogP contribution >= 0.6 is 23.1 Å². The van der Waals surface area contributed by atoms with E-state index < -0.39 is 0 Å². The van der Waals surface area contributed by atoms with Gasteiger partial charge in [0.25, 0.3) is 5.91 Å². The maximum Gasteiger partial charge on any atom is 0.261 e. The van der Waals surface area contributed by atoms with Gasteiger partial charge in [0.05, 0.1) is 15.5 Å². The van der Waals surface area contributed by atoms with Crippen molar-refractivity contribution in [2.24, 2.45) is 4.99 Å². The molecule has 1 aromatic heterocycles. The summed E-state index contributed by atoms with van der Waals surface area (Å²) in [6.07, 6.45) is 1.72. The van der Waals surface area contributed by atoms with Gasteiger partial charge in [0.2, 0.25) is 0 Å². The van der Waals surface area contributed by atoms with Gasteiger partial charge in [-0.1, -0.05) is 54.3 Å². The zero-order chi connectivity index (χ0) is 18.6. The molecule has 1 amide bonds. The summed E-state index contributed by atoms with van der Waals surface area (Å²) in [5, 5.41) is 8.24. The van der Waals surface area contributed by atoms with Crippen LogP contribution in [-0.2, 0) is 11.2 Å². The van der Waals surface area contributed by atoms with Crippen LogP contribution in [0.4, 0.5) is 10.8 Å². The number of para-hydroxylation sites is 1. The molecular weight excluding hydrogens is 376 g/mol. The average Bonchev–Trinajstić information content (AvgIpc) is 3.25. The Balaban J connectivity index is 1.29. The summed E-state index contributed by atoms with van der Waals surface area (Å²) in [5.41, 5.74) is 3.24. The maximum absolute atomic E-state index is 11.7. The van der Waals surface area contributed by atoms with E-state index in [1.807, 2.05) is 37.3 Å². The predicted octanol–water partition coefficient (Wildman–Crippen LogP) is 4.77. The molecule has 1 aliphatic rings. The van der Waals surface area contributed by atoms with Crippen molar-refractivity contribution in [3.05, 3.63) is 54.1 Å². The van der Waals surface area contributed by atoms with Gasteiger partial charge in [0.15, 0.2) is 10.3 Å². The molecule has 0 fully saturated rings. The monoisotopic (exact) mass is 396 g/mol. The zero-order valence-electron chi connectivity index (χ0n) is 14.9. The van der Waals surface area contributed by atoms with Gasteiger partial charge in [-0.2, -0.15) is 4.99 Å².